The van der Waals surface area contributed by atoms with E-state index in [-0.39, 0.29) is 16.8 Å². The number of carbonyl (C=O) groups is 1. The van der Waals surface area contributed by atoms with Gasteiger partial charge < -0.3 is 9.47 Å². The molecule has 1 amide bonds. The van der Waals surface area contributed by atoms with E-state index in [4.69, 9.17) is 0 Å². The SMILES string of the molecule is CC[C@@H]1c2cccn2CCN1C(=O)c1cccc(S(C)(=O)=O)c1. The zero-order valence-electron chi connectivity index (χ0n) is 13.3. The van der Waals surface area contributed by atoms with Gasteiger partial charge in [0.2, 0.25) is 0 Å². The minimum atomic E-state index is -3.32. The van der Waals surface area contributed by atoms with Gasteiger partial charge in [-0.3, -0.25) is 4.79 Å². The van der Waals surface area contributed by atoms with Gasteiger partial charge >= 0.3 is 0 Å². The van der Waals surface area contributed by atoms with Crippen molar-refractivity contribution in [3.63, 3.8) is 0 Å². The third-order valence-electron chi connectivity index (χ3n) is 4.32. The molecule has 0 spiro atoms. The number of nitrogens with zero attached hydrogens (tertiary/aromatic N) is 2. The van der Waals surface area contributed by atoms with Crippen LogP contribution in [0.4, 0.5) is 0 Å². The Kier molecular flexibility index (Phi) is 4.02. The molecule has 0 radical (unpaired) electrons. The van der Waals surface area contributed by atoms with Crippen LogP contribution < -0.4 is 0 Å². The van der Waals surface area contributed by atoms with Crippen LogP contribution in [0.3, 0.4) is 0 Å². The fraction of sp³-hybridized carbons (Fsp3) is 0.353. The van der Waals surface area contributed by atoms with Crippen LogP contribution in [0, 0.1) is 0 Å². The summed E-state index contributed by atoms with van der Waals surface area (Å²) in [5, 5.41) is 0. The number of sulfone groups is 1. The van der Waals surface area contributed by atoms with E-state index in [0.29, 0.717) is 12.1 Å². The van der Waals surface area contributed by atoms with Gasteiger partial charge in [0, 0.05) is 36.8 Å². The van der Waals surface area contributed by atoms with Crippen LogP contribution in [0.5, 0.6) is 0 Å². The lowest BCUT2D eigenvalue weighted by Crippen LogP contribution is -2.41. The number of benzene rings is 1. The smallest absolute Gasteiger partial charge is 0.254 e. The second-order valence-electron chi connectivity index (χ2n) is 5.85. The third-order valence-corrected chi connectivity index (χ3v) is 5.43. The van der Waals surface area contributed by atoms with Gasteiger partial charge in [-0.2, -0.15) is 0 Å². The van der Waals surface area contributed by atoms with Crippen LogP contribution in [0.1, 0.15) is 35.4 Å². The van der Waals surface area contributed by atoms with Crippen molar-refractivity contribution in [2.75, 3.05) is 12.8 Å². The van der Waals surface area contributed by atoms with E-state index in [1.807, 2.05) is 23.2 Å². The fourth-order valence-electron chi connectivity index (χ4n) is 3.16. The lowest BCUT2D eigenvalue weighted by atomic mass is 10.0. The average molecular weight is 332 g/mol. The van der Waals surface area contributed by atoms with Crippen LogP contribution in [0.15, 0.2) is 47.5 Å². The molecule has 0 fully saturated rings. The summed E-state index contributed by atoms with van der Waals surface area (Å²) in [5.41, 5.74) is 1.55. The molecule has 1 aromatic heterocycles. The highest BCUT2D eigenvalue weighted by Crippen LogP contribution is 2.30. The summed E-state index contributed by atoms with van der Waals surface area (Å²) in [6.07, 6.45) is 4.00. The molecule has 0 aliphatic carbocycles. The van der Waals surface area contributed by atoms with Crippen molar-refractivity contribution >= 4 is 15.7 Å². The van der Waals surface area contributed by atoms with Gasteiger partial charge in [-0.05, 0) is 36.8 Å². The number of carbonyl (C=O) groups excluding carboxylic acids is 1. The highest BCUT2D eigenvalue weighted by Gasteiger charge is 2.30. The van der Waals surface area contributed by atoms with Gasteiger partial charge in [-0.1, -0.05) is 13.0 Å². The van der Waals surface area contributed by atoms with E-state index in [9.17, 15) is 13.2 Å². The molecular weight excluding hydrogens is 312 g/mol. The summed E-state index contributed by atoms with van der Waals surface area (Å²) in [7, 11) is -3.32. The molecule has 23 heavy (non-hydrogen) atoms. The lowest BCUT2D eigenvalue weighted by Gasteiger charge is -2.36. The van der Waals surface area contributed by atoms with Gasteiger partial charge in [-0.15, -0.1) is 0 Å². The molecule has 2 heterocycles. The molecule has 0 N–H and O–H groups in total. The van der Waals surface area contributed by atoms with Crippen molar-refractivity contribution in [1.29, 1.82) is 0 Å². The van der Waals surface area contributed by atoms with Gasteiger partial charge in [0.25, 0.3) is 5.91 Å². The Hall–Kier alpha value is -2.08. The molecule has 0 bridgehead atoms. The van der Waals surface area contributed by atoms with Crippen LogP contribution in [0.25, 0.3) is 0 Å². The first-order chi connectivity index (χ1) is 10.9. The van der Waals surface area contributed by atoms with Crippen molar-refractivity contribution < 1.29 is 13.2 Å². The molecule has 1 aliphatic heterocycles. The van der Waals surface area contributed by atoms with Crippen LogP contribution in [-0.4, -0.2) is 36.6 Å². The first-order valence-corrected chi connectivity index (χ1v) is 9.57. The van der Waals surface area contributed by atoms with E-state index in [1.165, 1.54) is 12.1 Å². The maximum atomic E-state index is 12.9. The van der Waals surface area contributed by atoms with E-state index in [0.717, 1.165) is 24.9 Å². The van der Waals surface area contributed by atoms with Crippen LogP contribution >= 0.6 is 0 Å². The molecule has 2 aromatic rings. The fourth-order valence-corrected chi connectivity index (χ4v) is 3.83. The summed E-state index contributed by atoms with van der Waals surface area (Å²) >= 11 is 0. The highest BCUT2D eigenvalue weighted by atomic mass is 32.2. The Bertz CT molecular complexity index is 839. The van der Waals surface area contributed by atoms with E-state index in [1.54, 1.807) is 12.1 Å². The Morgan fingerprint density at radius 3 is 2.70 bits per heavy atom. The van der Waals surface area contributed by atoms with Gasteiger partial charge in [0.05, 0.1) is 10.9 Å². The summed E-state index contributed by atoms with van der Waals surface area (Å²) < 4.78 is 25.6. The molecule has 1 atom stereocenters. The van der Waals surface area contributed by atoms with E-state index >= 15 is 0 Å². The zero-order valence-corrected chi connectivity index (χ0v) is 14.1. The van der Waals surface area contributed by atoms with Crippen molar-refractivity contribution in [3.8, 4) is 0 Å². The van der Waals surface area contributed by atoms with Crippen LogP contribution in [-0.2, 0) is 16.4 Å². The summed E-state index contributed by atoms with van der Waals surface area (Å²) in [4.78, 5) is 14.9. The second-order valence-corrected chi connectivity index (χ2v) is 7.86. The maximum Gasteiger partial charge on any atom is 0.254 e. The largest absolute Gasteiger partial charge is 0.348 e. The second kappa shape index (κ2) is 5.85. The number of fused-ring (bicyclic) bond motifs is 1. The van der Waals surface area contributed by atoms with E-state index < -0.39 is 9.84 Å². The molecule has 1 aromatic carbocycles. The number of hydrogen-bond acceptors (Lipinski definition) is 3. The Labute approximate surface area is 136 Å². The minimum absolute atomic E-state index is 0.0214. The van der Waals surface area contributed by atoms with Crippen molar-refractivity contribution in [2.45, 2.75) is 30.8 Å². The Morgan fingerprint density at radius 1 is 1.22 bits per heavy atom. The van der Waals surface area contributed by atoms with Crippen molar-refractivity contribution in [1.82, 2.24) is 9.47 Å². The Morgan fingerprint density at radius 2 is 2.00 bits per heavy atom. The highest BCUT2D eigenvalue weighted by molar-refractivity contribution is 7.90. The third kappa shape index (κ3) is 2.91. The predicted molar refractivity (Wildman–Crippen MR) is 88.1 cm³/mol. The van der Waals surface area contributed by atoms with Gasteiger partial charge in [0.1, 0.15) is 0 Å². The molecule has 0 saturated carbocycles. The van der Waals surface area contributed by atoms with E-state index in [2.05, 4.69) is 11.5 Å². The number of aromatic nitrogens is 1. The monoisotopic (exact) mass is 332 g/mol. The van der Waals surface area contributed by atoms with Crippen molar-refractivity contribution in [3.05, 3.63) is 53.9 Å². The molecular formula is C17H20N2O3S. The molecule has 3 rings (SSSR count). The average Bonchev–Trinajstić information content (AvgIpc) is 3.01. The molecule has 6 heteroatoms. The maximum absolute atomic E-state index is 12.9. The Balaban J connectivity index is 1.95. The topological polar surface area (TPSA) is 59.4 Å². The van der Waals surface area contributed by atoms with Crippen molar-refractivity contribution in [2.24, 2.45) is 0 Å². The first kappa shape index (κ1) is 15.8. The standard InChI is InChI=1S/C17H20N2O3S/c1-3-15-16-8-5-9-18(16)10-11-19(15)17(20)13-6-4-7-14(12-13)23(2,21)22/h4-9,12,15H,3,10-11H2,1-2H3/t15-/m1/s1. The number of rotatable bonds is 3. The lowest BCUT2D eigenvalue weighted by molar-refractivity contribution is 0.0617. The summed E-state index contributed by atoms with van der Waals surface area (Å²) in [6.45, 7) is 3.44. The zero-order chi connectivity index (χ0) is 16.6. The molecule has 1 aliphatic rings. The number of hydrogen-bond donors (Lipinski definition) is 0. The normalized spacial score (nSPS) is 17.8. The minimum Gasteiger partial charge on any atom is -0.348 e. The predicted octanol–water partition coefficient (Wildman–Crippen LogP) is 2.50. The first-order valence-electron chi connectivity index (χ1n) is 7.68. The number of amides is 1. The van der Waals surface area contributed by atoms with Gasteiger partial charge in [-0.25, -0.2) is 8.42 Å². The van der Waals surface area contributed by atoms with Gasteiger partial charge in [0.15, 0.2) is 9.84 Å². The summed E-state index contributed by atoms with van der Waals surface area (Å²) in [5.74, 6) is -0.116. The molecule has 5 nitrogen and oxygen atoms in total. The molecule has 0 unspecified atom stereocenters. The molecule has 0 saturated heterocycles. The molecule has 122 valence electrons. The van der Waals surface area contributed by atoms with Crippen LogP contribution in [0.2, 0.25) is 0 Å². The summed E-state index contributed by atoms with van der Waals surface area (Å²) in [6, 6.07) is 10.3. The quantitative estimate of drug-likeness (QED) is 0.868.